The van der Waals surface area contributed by atoms with Crippen LogP contribution in [0.5, 0.6) is 0 Å². The number of hydrogen-bond acceptors (Lipinski definition) is 5. The Kier molecular flexibility index (Phi) is 5.39. The molecule has 1 atom stereocenters. The maximum absolute atomic E-state index is 12.3. The van der Waals surface area contributed by atoms with Crippen molar-refractivity contribution in [3.8, 4) is 0 Å². The van der Waals surface area contributed by atoms with E-state index in [1.165, 1.54) is 13.8 Å². The van der Waals surface area contributed by atoms with Crippen molar-refractivity contribution in [1.29, 1.82) is 0 Å². The number of rotatable bonds is 8. The lowest BCUT2D eigenvalue weighted by Crippen LogP contribution is -2.50. The third-order valence-electron chi connectivity index (χ3n) is 3.17. The van der Waals surface area contributed by atoms with Crippen molar-refractivity contribution in [3.05, 3.63) is 35.2 Å². The van der Waals surface area contributed by atoms with Crippen LogP contribution in [0.2, 0.25) is 0 Å². The van der Waals surface area contributed by atoms with Crippen LogP contribution in [0.4, 0.5) is 5.69 Å². The number of nitrogens with one attached hydrogen (secondary N) is 1. The Labute approximate surface area is 126 Å². The molecule has 0 saturated heterocycles. The molecular weight excluding hydrogens is 292 g/mol. The minimum Gasteiger partial charge on any atom is -0.480 e. The lowest BCUT2D eigenvalue weighted by molar-refractivity contribution is -0.385. The van der Waals surface area contributed by atoms with Gasteiger partial charge in [0.15, 0.2) is 0 Å². The molecule has 1 unspecified atom stereocenters. The standard InChI is InChI=1S/C13H18N4O5/c1-4-5-6-10(11(18)19)15-12(20)13(2,3)16-8-9(7-14-16)17(21)22/h4,7-8,10H,1,5-6H2,2-3H3,(H,15,20)(H,18,19). The van der Waals surface area contributed by atoms with Crippen molar-refractivity contribution in [2.45, 2.75) is 38.3 Å². The highest BCUT2D eigenvalue weighted by atomic mass is 16.6. The Morgan fingerprint density at radius 3 is 2.73 bits per heavy atom. The smallest absolute Gasteiger partial charge is 0.326 e. The monoisotopic (exact) mass is 310 g/mol. The van der Waals surface area contributed by atoms with Crippen LogP contribution in [-0.4, -0.2) is 37.7 Å². The normalized spacial score (nSPS) is 12.5. The zero-order valence-electron chi connectivity index (χ0n) is 12.4. The highest BCUT2D eigenvalue weighted by Crippen LogP contribution is 2.19. The largest absolute Gasteiger partial charge is 0.480 e. The first-order valence-corrected chi connectivity index (χ1v) is 6.54. The van der Waals surface area contributed by atoms with E-state index >= 15 is 0 Å². The first-order chi connectivity index (χ1) is 10.2. The second-order valence-electron chi connectivity index (χ2n) is 5.19. The second-order valence-corrected chi connectivity index (χ2v) is 5.19. The third kappa shape index (κ3) is 3.90. The van der Waals surface area contributed by atoms with Gasteiger partial charge in [-0.15, -0.1) is 6.58 Å². The fourth-order valence-corrected chi connectivity index (χ4v) is 1.69. The highest BCUT2D eigenvalue weighted by Gasteiger charge is 2.34. The summed E-state index contributed by atoms with van der Waals surface area (Å²) < 4.78 is 1.13. The Morgan fingerprint density at radius 2 is 2.27 bits per heavy atom. The maximum atomic E-state index is 12.3. The van der Waals surface area contributed by atoms with E-state index < -0.39 is 28.4 Å². The molecule has 1 aromatic rings. The Morgan fingerprint density at radius 1 is 1.64 bits per heavy atom. The molecule has 1 aromatic heterocycles. The van der Waals surface area contributed by atoms with E-state index in [1.807, 2.05) is 0 Å². The average Bonchev–Trinajstić information content (AvgIpc) is 2.93. The fourth-order valence-electron chi connectivity index (χ4n) is 1.69. The summed E-state index contributed by atoms with van der Waals surface area (Å²) in [4.78, 5) is 33.5. The highest BCUT2D eigenvalue weighted by molar-refractivity contribution is 5.88. The van der Waals surface area contributed by atoms with Gasteiger partial charge in [0.25, 0.3) is 0 Å². The molecule has 22 heavy (non-hydrogen) atoms. The van der Waals surface area contributed by atoms with Gasteiger partial charge in [0, 0.05) is 0 Å². The van der Waals surface area contributed by atoms with E-state index in [0.717, 1.165) is 17.1 Å². The summed E-state index contributed by atoms with van der Waals surface area (Å²) in [5.41, 5.74) is -1.52. The molecule has 120 valence electrons. The number of aliphatic carboxylic acids is 1. The number of carboxylic acids is 1. The molecule has 0 saturated carbocycles. The molecule has 0 aromatic carbocycles. The number of aromatic nitrogens is 2. The molecule has 0 spiro atoms. The van der Waals surface area contributed by atoms with Crippen LogP contribution in [-0.2, 0) is 15.1 Å². The quantitative estimate of drug-likeness (QED) is 0.420. The molecule has 9 nitrogen and oxygen atoms in total. The second kappa shape index (κ2) is 6.83. The van der Waals surface area contributed by atoms with Gasteiger partial charge >= 0.3 is 11.7 Å². The van der Waals surface area contributed by atoms with Crippen LogP contribution in [0.15, 0.2) is 25.0 Å². The summed E-state index contributed by atoms with van der Waals surface area (Å²) in [7, 11) is 0. The molecule has 0 aliphatic rings. The number of carboxylic acid groups (broad SMARTS) is 1. The number of nitrogens with zero attached hydrogens (tertiary/aromatic N) is 3. The van der Waals surface area contributed by atoms with Crippen LogP contribution in [0.25, 0.3) is 0 Å². The Bertz CT molecular complexity index is 593. The molecule has 0 fully saturated rings. The lowest BCUT2D eigenvalue weighted by atomic mass is 10.0. The molecule has 2 N–H and O–H groups in total. The number of nitro groups is 1. The number of hydrogen-bond donors (Lipinski definition) is 2. The third-order valence-corrected chi connectivity index (χ3v) is 3.17. The van der Waals surface area contributed by atoms with Gasteiger partial charge < -0.3 is 10.4 Å². The Hall–Kier alpha value is -2.71. The summed E-state index contributed by atoms with van der Waals surface area (Å²) in [6, 6.07) is -1.06. The first kappa shape index (κ1) is 17.3. The lowest BCUT2D eigenvalue weighted by Gasteiger charge is -2.26. The predicted molar refractivity (Wildman–Crippen MR) is 77.2 cm³/mol. The summed E-state index contributed by atoms with van der Waals surface area (Å²) in [5, 5.41) is 26.0. The van der Waals surface area contributed by atoms with E-state index in [0.29, 0.717) is 6.42 Å². The van der Waals surface area contributed by atoms with E-state index in [2.05, 4.69) is 17.0 Å². The summed E-state index contributed by atoms with van der Waals surface area (Å²) in [6.45, 7) is 6.49. The Balaban J connectivity index is 2.90. The van der Waals surface area contributed by atoms with Crippen molar-refractivity contribution >= 4 is 17.6 Å². The predicted octanol–water partition coefficient (Wildman–Crippen LogP) is 1.06. The summed E-state index contributed by atoms with van der Waals surface area (Å²) >= 11 is 0. The van der Waals surface area contributed by atoms with Crippen LogP contribution in [0.1, 0.15) is 26.7 Å². The molecule has 0 bridgehead atoms. The van der Waals surface area contributed by atoms with Gasteiger partial charge in [-0.3, -0.25) is 19.6 Å². The van der Waals surface area contributed by atoms with Crippen molar-refractivity contribution < 1.29 is 19.6 Å². The van der Waals surface area contributed by atoms with E-state index in [9.17, 15) is 19.7 Å². The van der Waals surface area contributed by atoms with Crippen LogP contribution >= 0.6 is 0 Å². The molecule has 0 aliphatic heterocycles. The number of allylic oxidation sites excluding steroid dienone is 1. The average molecular weight is 310 g/mol. The van der Waals surface area contributed by atoms with Gasteiger partial charge in [0.2, 0.25) is 5.91 Å². The van der Waals surface area contributed by atoms with Crippen molar-refractivity contribution in [3.63, 3.8) is 0 Å². The molecule has 1 heterocycles. The van der Waals surface area contributed by atoms with Crippen LogP contribution in [0, 0.1) is 10.1 Å². The first-order valence-electron chi connectivity index (χ1n) is 6.54. The van der Waals surface area contributed by atoms with Crippen molar-refractivity contribution in [2.24, 2.45) is 0 Å². The van der Waals surface area contributed by atoms with Gasteiger partial charge in [-0.05, 0) is 26.7 Å². The molecule has 0 aliphatic carbocycles. The minimum absolute atomic E-state index is 0.208. The number of amides is 1. The SMILES string of the molecule is C=CCCC(NC(=O)C(C)(C)n1cc([N+](=O)[O-])cn1)C(=O)O. The summed E-state index contributed by atoms with van der Waals surface area (Å²) in [5.74, 6) is -1.75. The molecule has 0 radical (unpaired) electrons. The van der Waals surface area contributed by atoms with Gasteiger partial charge in [-0.1, -0.05) is 6.08 Å². The van der Waals surface area contributed by atoms with Gasteiger partial charge in [0.1, 0.15) is 24.0 Å². The molecule has 1 amide bonds. The number of carbonyl (C=O) groups excluding carboxylic acids is 1. The van der Waals surface area contributed by atoms with Crippen LogP contribution < -0.4 is 5.32 Å². The molecule has 1 rings (SSSR count). The van der Waals surface area contributed by atoms with Gasteiger partial charge in [-0.2, -0.15) is 5.10 Å². The van der Waals surface area contributed by atoms with Gasteiger partial charge in [0.05, 0.1) is 4.92 Å². The minimum atomic E-state index is -1.27. The maximum Gasteiger partial charge on any atom is 0.326 e. The molecule has 9 heteroatoms. The van der Waals surface area contributed by atoms with E-state index in [-0.39, 0.29) is 12.1 Å². The zero-order valence-corrected chi connectivity index (χ0v) is 12.4. The van der Waals surface area contributed by atoms with Crippen LogP contribution in [0.3, 0.4) is 0 Å². The number of carbonyl (C=O) groups is 2. The zero-order chi connectivity index (χ0) is 16.9. The van der Waals surface area contributed by atoms with E-state index in [4.69, 9.17) is 5.11 Å². The van der Waals surface area contributed by atoms with Gasteiger partial charge in [-0.25, -0.2) is 4.79 Å². The van der Waals surface area contributed by atoms with Crippen molar-refractivity contribution in [1.82, 2.24) is 15.1 Å². The molecular formula is C13H18N4O5. The van der Waals surface area contributed by atoms with Crippen molar-refractivity contribution in [2.75, 3.05) is 0 Å². The fraction of sp³-hybridized carbons (Fsp3) is 0.462. The van der Waals surface area contributed by atoms with E-state index in [1.54, 1.807) is 6.08 Å². The topological polar surface area (TPSA) is 127 Å². The summed E-state index contributed by atoms with van der Waals surface area (Å²) in [6.07, 6.45) is 4.36.